The van der Waals surface area contributed by atoms with Gasteiger partial charge in [-0.25, -0.2) is 8.42 Å². The molecule has 0 spiro atoms. The highest BCUT2D eigenvalue weighted by atomic mass is 32.2. The number of amides is 1. The molecule has 1 N–H and O–H groups in total. The van der Waals surface area contributed by atoms with E-state index in [-0.39, 0.29) is 23.0 Å². The van der Waals surface area contributed by atoms with E-state index in [0.29, 0.717) is 24.3 Å². The lowest BCUT2D eigenvalue weighted by Crippen LogP contribution is -2.48. The first-order chi connectivity index (χ1) is 13.2. The number of nitrogens with one attached hydrogen (secondary N) is 1. The molecule has 2 aromatic rings. The second-order valence-corrected chi connectivity index (χ2v) is 9.05. The SMILES string of the molecule is Cc1ccccc1NS(=O)(=O)c1ccc(C)c(C(=O)N2C[C@@H](C)O[C@@H](C)C2)c1. The standard InChI is InChI=1S/C21H26N2O4S/c1-14-9-10-18(28(25,26)22-20-8-6-5-7-15(20)2)11-19(14)21(24)23-12-16(3)27-17(4)13-23/h5-11,16-17,22H,12-13H2,1-4H3/t16-,17+. The summed E-state index contributed by atoms with van der Waals surface area (Å²) in [6.45, 7) is 8.47. The van der Waals surface area contributed by atoms with Crippen LogP contribution in [0.1, 0.15) is 35.3 Å². The Morgan fingerprint density at radius 1 is 1.04 bits per heavy atom. The Hall–Kier alpha value is -2.38. The van der Waals surface area contributed by atoms with Crippen molar-refractivity contribution in [2.45, 2.75) is 44.8 Å². The predicted octanol–water partition coefficient (Wildman–Crippen LogP) is 3.35. The number of carbonyl (C=O) groups excluding carboxylic acids is 1. The van der Waals surface area contributed by atoms with E-state index in [9.17, 15) is 13.2 Å². The Morgan fingerprint density at radius 2 is 1.68 bits per heavy atom. The van der Waals surface area contributed by atoms with Crippen molar-refractivity contribution in [3.8, 4) is 0 Å². The highest BCUT2D eigenvalue weighted by Gasteiger charge is 2.28. The second kappa shape index (κ2) is 7.93. The first kappa shape index (κ1) is 20.4. The molecule has 1 fully saturated rings. The van der Waals surface area contributed by atoms with Crippen molar-refractivity contribution in [1.82, 2.24) is 4.90 Å². The van der Waals surface area contributed by atoms with Gasteiger partial charge in [-0.2, -0.15) is 0 Å². The lowest BCUT2D eigenvalue weighted by molar-refractivity contribution is -0.0586. The monoisotopic (exact) mass is 402 g/mol. The lowest BCUT2D eigenvalue weighted by atomic mass is 10.1. The molecule has 0 radical (unpaired) electrons. The maximum Gasteiger partial charge on any atom is 0.261 e. The van der Waals surface area contributed by atoms with Gasteiger partial charge in [-0.15, -0.1) is 0 Å². The Balaban J connectivity index is 1.90. The quantitative estimate of drug-likeness (QED) is 0.851. The van der Waals surface area contributed by atoms with E-state index < -0.39 is 10.0 Å². The molecule has 0 bridgehead atoms. The minimum absolute atomic E-state index is 0.0531. The molecule has 3 rings (SSSR count). The third-order valence-corrected chi connectivity index (χ3v) is 6.21. The van der Waals surface area contributed by atoms with Gasteiger partial charge in [-0.1, -0.05) is 24.3 Å². The number of ether oxygens (including phenoxy) is 1. The van der Waals surface area contributed by atoms with Gasteiger partial charge in [0, 0.05) is 18.7 Å². The zero-order valence-electron chi connectivity index (χ0n) is 16.6. The zero-order chi connectivity index (χ0) is 20.5. The van der Waals surface area contributed by atoms with Crippen molar-refractivity contribution in [2.24, 2.45) is 0 Å². The minimum Gasteiger partial charge on any atom is -0.372 e. The van der Waals surface area contributed by atoms with Crippen LogP contribution in [0.25, 0.3) is 0 Å². The lowest BCUT2D eigenvalue weighted by Gasteiger charge is -2.35. The van der Waals surface area contributed by atoms with Gasteiger partial charge < -0.3 is 9.64 Å². The van der Waals surface area contributed by atoms with Crippen LogP contribution < -0.4 is 4.72 Å². The number of morpholine rings is 1. The summed E-state index contributed by atoms with van der Waals surface area (Å²) < 4.78 is 34.0. The van der Waals surface area contributed by atoms with Gasteiger partial charge in [0.05, 0.1) is 22.8 Å². The molecule has 0 aromatic heterocycles. The second-order valence-electron chi connectivity index (χ2n) is 7.36. The van der Waals surface area contributed by atoms with Gasteiger partial charge in [0.2, 0.25) is 0 Å². The number of benzene rings is 2. The molecule has 2 atom stereocenters. The summed E-state index contributed by atoms with van der Waals surface area (Å²) in [6, 6.07) is 11.8. The molecular formula is C21H26N2O4S. The summed E-state index contributed by atoms with van der Waals surface area (Å²) >= 11 is 0. The summed E-state index contributed by atoms with van der Waals surface area (Å²) in [6.07, 6.45) is -0.106. The van der Waals surface area contributed by atoms with E-state index in [2.05, 4.69) is 4.72 Å². The van der Waals surface area contributed by atoms with E-state index in [4.69, 9.17) is 4.74 Å². The zero-order valence-corrected chi connectivity index (χ0v) is 17.4. The average Bonchev–Trinajstić information content (AvgIpc) is 2.62. The third kappa shape index (κ3) is 4.36. The van der Waals surface area contributed by atoms with Crippen LogP contribution in [0.4, 0.5) is 5.69 Å². The maximum atomic E-state index is 13.1. The highest BCUT2D eigenvalue weighted by Crippen LogP contribution is 2.23. The van der Waals surface area contributed by atoms with E-state index in [1.54, 1.807) is 23.1 Å². The molecule has 1 saturated heterocycles. The molecule has 7 heteroatoms. The highest BCUT2D eigenvalue weighted by molar-refractivity contribution is 7.92. The van der Waals surface area contributed by atoms with E-state index in [0.717, 1.165) is 11.1 Å². The predicted molar refractivity (Wildman–Crippen MR) is 109 cm³/mol. The van der Waals surface area contributed by atoms with Crippen LogP contribution in [-0.4, -0.2) is 44.5 Å². The molecule has 0 aliphatic carbocycles. The van der Waals surface area contributed by atoms with Crippen molar-refractivity contribution < 1.29 is 17.9 Å². The fourth-order valence-corrected chi connectivity index (χ4v) is 4.56. The molecule has 6 nitrogen and oxygen atoms in total. The van der Waals surface area contributed by atoms with Crippen LogP contribution in [0.15, 0.2) is 47.4 Å². The van der Waals surface area contributed by atoms with Gasteiger partial charge in [0.1, 0.15) is 0 Å². The van der Waals surface area contributed by atoms with Crippen molar-refractivity contribution in [3.05, 3.63) is 59.2 Å². The van der Waals surface area contributed by atoms with Crippen LogP contribution in [-0.2, 0) is 14.8 Å². The Morgan fingerprint density at radius 3 is 2.32 bits per heavy atom. The van der Waals surface area contributed by atoms with Crippen molar-refractivity contribution in [2.75, 3.05) is 17.8 Å². The maximum absolute atomic E-state index is 13.1. The number of nitrogens with zero attached hydrogens (tertiary/aromatic N) is 1. The van der Waals surface area contributed by atoms with Crippen LogP contribution in [0, 0.1) is 13.8 Å². The molecule has 28 heavy (non-hydrogen) atoms. The van der Waals surface area contributed by atoms with Gasteiger partial charge in [-0.05, 0) is 57.0 Å². The van der Waals surface area contributed by atoms with Crippen molar-refractivity contribution in [3.63, 3.8) is 0 Å². The summed E-state index contributed by atoms with van der Waals surface area (Å²) in [7, 11) is -3.81. The average molecular weight is 403 g/mol. The molecule has 1 amide bonds. The van der Waals surface area contributed by atoms with E-state index in [1.807, 2.05) is 39.8 Å². The number of hydrogen-bond acceptors (Lipinski definition) is 4. The minimum atomic E-state index is -3.81. The molecule has 0 unspecified atom stereocenters. The van der Waals surface area contributed by atoms with E-state index >= 15 is 0 Å². The molecule has 0 saturated carbocycles. The molecule has 1 heterocycles. The number of carbonyl (C=O) groups is 1. The Kier molecular flexibility index (Phi) is 5.76. The van der Waals surface area contributed by atoms with Gasteiger partial charge >= 0.3 is 0 Å². The number of sulfonamides is 1. The molecule has 1 aliphatic heterocycles. The topological polar surface area (TPSA) is 75.7 Å². The largest absolute Gasteiger partial charge is 0.372 e. The third-order valence-electron chi connectivity index (χ3n) is 4.85. The van der Waals surface area contributed by atoms with Crippen LogP contribution in [0.5, 0.6) is 0 Å². The fourth-order valence-electron chi connectivity index (χ4n) is 3.40. The van der Waals surface area contributed by atoms with Crippen LogP contribution in [0.2, 0.25) is 0 Å². The summed E-state index contributed by atoms with van der Waals surface area (Å²) in [4.78, 5) is 14.9. The summed E-state index contributed by atoms with van der Waals surface area (Å²) in [5, 5.41) is 0. The van der Waals surface area contributed by atoms with E-state index in [1.165, 1.54) is 12.1 Å². The number of aryl methyl sites for hydroxylation is 2. The number of hydrogen-bond donors (Lipinski definition) is 1. The van der Waals surface area contributed by atoms with Gasteiger partial charge in [0.15, 0.2) is 0 Å². The van der Waals surface area contributed by atoms with Crippen LogP contribution >= 0.6 is 0 Å². The summed E-state index contributed by atoms with van der Waals surface area (Å²) in [5.41, 5.74) is 2.48. The smallest absolute Gasteiger partial charge is 0.261 e. The van der Waals surface area contributed by atoms with Gasteiger partial charge in [-0.3, -0.25) is 9.52 Å². The Labute approximate surface area is 166 Å². The number of anilines is 1. The number of para-hydroxylation sites is 1. The number of rotatable bonds is 4. The normalized spacial score (nSPS) is 20.1. The van der Waals surface area contributed by atoms with Gasteiger partial charge in [0.25, 0.3) is 15.9 Å². The Bertz CT molecular complexity index is 978. The molecule has 2 aromatic carbocycles. The fraction of sp³-hybridized carbons (Fsp3) is 0.381. The summed E-state index contributed by atoms with van der Waals surface area (Å²) in [5.74, 6) is -0.174. The van der Waals surface area contributed by atoms with Crippen molar-refractivity contribution in [1.29, 1.82) is 0 Å². The van der Waals surface area contributed by atoms with Crippen molar-refractivity contribution >= 4 is 21.6 Å². The molecular weight excluding hydrogens is 376 g/mol. The molecule has 1 aliphatic rings. The van der Waals surface area contributed by atoms with Crippen LogP contribution in [0.3, 0.4) is 0 Å². The first-order valence-electron chi connectivity index (χ1n) is 9.31. The first-order valence-corrected chi connectivity index (χ1v) is 10.8. The molecule has 150 valence electrons.